The van der Waals surface area contributed by atoms with Crippen molar-refractivity contribution in [2.24, 2.45) is 0 Å². The van der Waals surface area contributed by atoms with Crippen LogP contribution >= 0.6 is 0 Å². The number of aliphatic hydroxyl groups excluding tert-OH is 1. The minimum atomic E-state index is -0.623. The van der Waals surface area contributed by atoms with E-state index in [1.807, 2.05) is 6.92 Å². The van der Waals surface area contributed by atoms with Gasteiger partial charge in [-0.25, -0.2) is 0 Å². The zero-order chi connectivity index (χ0) is 14.4. The van der Waals surface area contributed by atoms with Crippen LogP contribution in [0.5, 0.6) is 0 Å². The van der Waals surface area contributed by atoms with Crippen LogP contribution in [0.3, 0.4) is 0 Å². The molecule has 1 N–H and O–H groups in total. The van der Waals surface area contributed by atoms with Crippen LogP contribution in [0, 0.1) is 0 Å². The van der Waals surface area contributed by atoms with Gasteiger partial charge in [-0.3, -0.25) is 0 Å². The molecule has 1 heterocycles. The molecular weight excluding hydrogens is 260 g/mol. The Morgan fingerprint density at radius 2 is 2.10 bits per heavy atom. The molecule has 1 aliphatic rings. The summed E-state index contributed by atoms with van der Waals surface area (Å²) in [6, 6.07) is 0. The average Bonchev–Trinajstić information content (AvgIpc) is 2.89. The first-order valence-corrected chi connectivity index (χ1v) is 7.34. The monoisotopic (exact) mass is 284 g/mol. The third-order valence-electron chi connectivity index (χ3n) is 3.73. The van der Waals surface area contributed by atoms with Crippen LogP contribution in [0.1, 0.15) is 50.7 Å². The summed E-state index contributed by atoms with van der Waals surface area (Å²) in [7, 11) is 1.55. The molecule has 0 spiro atoms. The standard InChI is InChI=1S/C14H24N2O4/c1-3-19-14(7-5-4-6-8-14)13-15-12(20-16-13)9-11(17)10-18-2/h11,17H,3-10H2,1-2H3. The second kappa shape index (κ2) is 7.15. The summed E-state index contributed by atoms with van der Waals surface area (Å²) in [5, 5.41) is 13.8. The summed E-state index contributed by atoms with van der Waals surface area (Å²) in [5.41, 5.74) is -0.402. The number of hydrogen-bond donors (Lipinski definition) is 1. The number of hydrogen-bond acceptors (Lipinski definition) is 6. The Hall–Kier alpha value is -0.980. The molecule has 1 aliphatic carbocycles. The van der Waals surface area contributed by atoms with Crippen molar-refractivity contribution >= 4 is 0 Å². The summed E-state index contributed by atoms with van der Waals surface area (Å²) >= 11 is 0. The number of aromatic nitrogens is 2. The molecule has 1 fully saturated rings. The number of ether oxygens (including phenoxy) is 2. The summed E-state index contributed by atoms with van der Waals surface area (Å²) in [6.45, 7) is 2.88. The lowest BCUT2D eigenvalue weighted by Gasteiger charge is -2.33. The molecule has 1 aromatic heterocycles. The van der Waals surface area contributed by atoms with Crippen LogP contribution in [0.15, 0.2) is 4.52 Å². The van der Waals surface area contributed by atoms with Gasteiger partial charge in [0.15, 0.2) is 0 Å². The van der Waals surface area contributed by atoms with Crippen molar-refractivity contribution in [3.05, 3.63) is 11.7 Å². The molecular formula is C14H24N2O4. The maximum Gasteiger partial charge on any atom is 0.229 e. The maximum atomic E-state index is 9.71. The normalized spacial score (nSPS) is 19.9. The number of aliphatic hydroxyl groups is 1. The molecule has 0 saturated heterocycles. The highest BCUT2D eigenvalue weighted by molar-refractivity contribution is 5.03. The van der Waals surface area contributed by atoms with E-state index in [0.717, 1.165) is 25.7 Å². The van der Waals surface area contributed by atoms with Crippen molar-refractivity contribution in [2.45, 2.75) is 57.2 Å². The van der Waals surface area contributed by atoms with Crippen molar-refractivity contribution in [1.29, 1.82) is 0 Å². The molecule has 0 aliphatic heterocycles. The highest BCUT2D eigenvalue weighted by atomic mass is 16.5. The molecule has 1 saturated carbocycles. The molecule has 1 aromatic rings. The van der Waals surface area contributed by atoms with Gasteiger partial charge in [0.25, 0.3) is 0 Å². The Balaban J connectivity index is 2.08. The zero-order valence-electron chi connectivity index (χ0n) is 12.3. The highest BCUT2D eigenvalue weighted by Gasteiger charge is 2.39. The van der Waals surface area contributed by atoms with Gasteiger partial charge in [0.05, 0.1) is 19.1 Å². The molecule has 20 heavy (non-hydrogen) atoms. The Bertz CT molecular complexity index is 396. The summed E-state index contributed by atoms with van der Waals surface area (Å²) in [5.74, 6) is 1.06. The lowest BCUT2D eigenvalue weighted by atomic mass is 9.84. The quantitative estimate of drug-likeness (QED) is 0.823. The van der Waals surface area contributed by atoms with E-state index in [4.69, 9.17) is 14.0 Å². The van der Waals surface area contributed by atoms with Crippen molar-refractivity contribution in [3.63, 3.8) is 0 Å². The van der Waals surface area contributed by atoms with Crippen LogP contribution in [0.2, 0.25) is 0 Å². The number of methoxy groups -OCH3 is 1. The topological polar surface area (TPSA) is 77.6 Å². The first-order valence-electron chi connectivity index (χ1n) is 7.34. The number of rotatable bonds is 7. The van der Waals surface area contributed by atoms with Gasteiger partial charge < -0.3 is 19.1 Å². The fourth-order valence-electron chi connectivity index (χ4n) is 2.81. The van der Waals surface area contributed by atoms with Crippen LogP contribution in [-0.4, -0.2) is 41.7 Å². The predicted molar refractivity (Wildman–Crippen MR) is 72.3 cm³/mol. The summed E-state index contributed by atoms with van der Waals surface area (Å²) < 4.78 is 16.1. The SMILES string of the molecule is CCOC1(c2noc(CC(O)COC)n2)CCCCC1. The van der Waals surface area contributed by atoms with Gasteiger partial charge in [0, 0.05) is 13.7 Å². The molecule has 6 heteroatoms. The van der Waals surface area contributed by atoms with Gasteiger partial charge in [-0.2, -0.15) is 4.98 Å². The van der Waals surface area contributed by atoms with Crippen molar-refractivity contribution < 1.29 is 19.1 Å². The largest absolute Gasteiger partial charge is 0.390 e. The lowest BCUT2D eigenvalue weighted by Crippen LogP contribution is -2.33. The van der Waals surface area contributed by atoms with E-state index in [1.54, 1.807) is 7.11 Å². The van der Waals surface area contributed by atoms with Crippen molar-refractivity contribution in [1.82, 2.24) is 10.1 Å². The van der Waals surface area contributed by atoms with Gasteiger partial charge in [0.1, 0.15) is 5.60 Å². The fraction of sp³-hybridized carbons (Fsp3) is 0.857. The van der Waals surface area contributed by atoms with Crippen LogP contribution in [0.25, 0.3) is 0 Å². The molecule has 0 radical (unpaired) electrons. The molecule has 1 unspecified atom stereocenters. The second-order valence-electron chi connectivity index (χ2n) is 5.31. The van der Waals surface area contributed by atoms with E-state index in [2.05, 4.69) is 10.1 Å². The molecule has 1 atom stereocenters. The van der Waals surface area contributed by atoms with E-state index < -0.39 is 11.7 Å². The zero-order valence-corrected chi connectivity index (χ0v) is 12.3. The molecule has 114 valence electrons. The molecule has 0 bridgehead atoms. The Kier molecular flexibility index (Phi) is 5.51. The Morgan fingerprint density at radius 3 is 2.75 bits per heavy atom. The van der Waals surface area contributed by atoms with Gasteiger partial charge in [0.2, 0.25) is 11.7 Å². The highest BCUT2D eigenvalue weighted by Crippen LogP contribution is 2.39. The molecule has 6 nitrogen and oxygen atoms in total. The van der Waals surface area contributed by atoms with Gasteiger partial charge in [-0.15, -0.1) is 0 Å². The predicted octanol–water partition coefficient (Wildman–Crippen LogP) is 1.82. The first-order chi connectivity index (χ1) is 9.70. The fourth-order valence-corrected chi connectivity index (χ4v) is 2.81. The van der Waals surface area contributed by atoms with Crippen molar-refractivity contribution in [3.8, 4) is 0 Å². The van der Waals surface area contributed by atoms with Crippen LogP contribution in [0.4, 0.5) is 0 Å². The molecule has 0 aromatic carbocycles. The summed E-state index contributed by atoms with van der Waals surface area (Å²) in [6.07, 6.45) is 5.02. The van der Waals surface area contributed by atoms with E-state index in [-0.39, 0.29) is 6.61 Å². The minimum absolute atomic E-state index is 0.258. The van der Waals surface area contributed by atoms with Gasteiger partial charge in [-0.1, -0.05) is 24.4 Å². The molecule has 0 amide bonds. The van der Waals surface area contributed by atoms with Crippen molar-refractivity contribution in [2.75, 3.05) is 20.3 Å². The average molecular weight is 284 g/mol. The Morgan fingerprint density at radius 1 is 1.35 bits per heavy atom. The van der Waals surface area contributed by atoms with E-state index in [0.29, 0.717) is 24.7 Å². The lowest BCUT2D eigenvalue weighted by molar-refractivity contribution is -0.0777. The molecule has 2 rings (SSSR count). The Labute approximate surface area is 119 Å². The smallest absolute Gasteiger partial charge is 0.229 e. The maximum absolute atomic E-state index is 9.71. The second-order valence-corrected chi connectivity index (χ2v) is 5.31. The third-order valence-corrected chi connectivity index (χ3v) is 3.73. The first kappa shape index (κ1) is 15.4. The van der Waals surface area contributed by atoms with Gasteiger partial charge >= 0.3 is 0 Å². The van der Waals surface area contributed by atoms with E-state index >= 15 is 0 Å². The number of nitrogens with zero attached hydrogens (tertiary/aromatic N) is 2. The van der Waals surface area contributed by atoms with Crippen LogP contribution in [-0.2, 0) is 21.5 Å². The van der Waals surface area contributed by atoms with Crippen LogP contribution < -0.4 is 0 Å². The summed E-state index contributed by atoms with van der Waals surface area (Å²) in [4.78, 5) is 4.43. The van der Waals surface area contributed by atoms with Gasteiger partial charge in [-0.05, 0) is 19.8 Å². The van der Waals surface area contributed by atoms with E-state index in [1.165, 1.54) is 6.42 Å². The minimum Gasteiger partial charge on any atom is -0.390 e. The van der Waals surface area contributed by atoms with E-state index in [9.17, 15) is 5.11 Å². The third kappa shape index (κ3) is 3.56.